The molecule has 0 saturated heterocycles. The molecule has 0 aromatic heterocycles. The number of nitrogens with one attached hydrogen (secondary N) is 2. The number of phenolic OH excluding ortho intramolecular Hbond substituents is 1. The molecule has 3 N–H and O–H groups in total. The Balaban J connectivity index is 2.03. The number of phenols is 1. The molecular weight excluding hydrogens is 522 g/mol. The van der Waals surface area contributed by atoms with E-state index in [1.807, 2.05) is 30.3 Å². The van der Waals surface area contributed by atoms with E-state index < -0.39 is 41.6 Å². The van der Waals surface area contributed by atoms with Crippen LogP contribution in [0.2, 0.25) is 0 Å². The number of hydrogen-bond acceptors (Lipinski definition) is 6. The van der Waals surface area contributed by atoms with Crippen LogP contribution >= 0.6 is 0 Å². The average molecular weight is 562 g/mol. The van der Waals surface area contributed by atoms with Crippen LogP contribution in [0.25, 0.3) is 0 Å². The Morgan fingerprint density at radius 3 is 2.15 bits per heavy atom. The van der Waals surface area contributed by atoms with Crippen LogP contribution in [0.4, 0.5) is 10.5 Å². The second-order valence-electron chi connectivity index (χ2n) is 10.9. The SMILES string of the molecule is COc1ccc(NC(=O)C(c2cccc(O)c2)N(C(=O)C(Cc2ccccc2)NC(=O)OC(C)(C)C)C(C)C)cc1. The number of benzene rings is 3. The molecule has 9 heteroatoms. The summed E-state index contributed by atoms with van der Waals surface area (Å²) in [4.78, 5) is 42.5. The zero-order valence-corrected chi connectivity index (χ0v) is 24.4. The summed E-state index contributed by atoms with van der Waals surface area (Å²) >= 11 is 0. The summed E-state index contributed by atoms with van der Waals surface area (Å²) in [7, 11) is 1.55. The molecule has 0 aliphatic carbocycles. The van der Waals surface area contributed by atoms with Crippen LogP contribution in [-0.4, -0.2) is 52.7 Å². The van der Waals surface area contributed by atoms with Crippen molar-refractivity contribution in [1.29, 1.82) is 0 Å². The lowest BCUT2D eigenvalue weighted by Crippen LogP contribution is -2.55. The summed E-state index contributed by atoms with van der Waals surface area (Å²) in [6.07, 6.45) is -0.568. The van der Waals surface area contributed by atoms with Gasteiger partial charge in [0, 0.05) is 18.2 Å². The van der Waals surface area contributed by atoms with Gasteiger partial charge in [-0.2, -0.15) is 0 Å². The number of ether oxygens (including phenoxy) is 2. The van der Waals surface area contributed by atoms with Crippen LogP contribution in [0.1, 0.15) is 51.8 Å². The molecule has 3 rings (SSSR count). The van der Waals surface area contributed by atoms with Crippen molar-refractivity contribution in [2.75, 3.05) is 12.4 Å². The van der Waals surface area contributed by atoms with Gasteiger partial charge in [0.1, 0.15) is 29.2 Å². The standard InChI is InChI=1S/C32H39N3O6/c1-21(2)35(30(38)27(19-22-11-8-7-9-12-22)34-31(39)41-32(3,4)5)28(23-13-10-14-25(36)20-23)29(37)33-24-15-17-26(40-6)18-16-24/h7-18,20-21,27-28,36H,19H2,1-6H3,(H,33,37)(H,34,39). The zero-order valence-electron chi connectivity index (χ0n) is 24.4. The van der Waals surface area contributed by atoms with E-state index in [1.54, 1.807) is 78.1 Å². The highest BCUT2D eigenvalue weighted by molar-refractivity contribution is 5.99. The summed E-state index contributed by atoms with van der Waals surface area (Å²) in [5.41, 5.74) is 0.964. The van der Waals surface area contributed by atoms with Crippen molar-refractivity contribution in [3.63, 3.8) is 0 Å². The predicted molar refractivity (Wildman–Crippen MR) is 158 cm³/mol. The fourth-order valence-electron chi connectivity index (χ4n) is 4.38. The van der Waals surface area contributed by atoms with Crippen LogP contribution in [0.5, 0.6) is 11.5 Å². The Morgan fingerprint density at radius 1 is 0.927 bits per heavy atom. The normalized spacial score (nSPS) is 12.7. The van der Waals surface area contributed by atoms with Crippen LogP contribution in [0.15, 0.2) is 78.9 Å². The third-order valence-electron chi connectivity index (χ3n) is 6.15. The van der Waals surface area contributed by atoms with Crippen molar-refractivity contribution in [2.24, 2.45) is 0 Å². The summed E-state index contributed by atoms with van der Waals surface area (Å²) in [6, 6.07) is 19.7. The first kappa shape index (κ1) is 31.0. The van der Waals surface area contributed by atoms with Gasteiger partial charge in [-0.1, -0.05) is 42.5 Å². The highest BCUT2D eigenvalue weighted by atomic mass is 16.6. The lowest BCUT2D eigenvalue weighted by molar-refractivity contribution is -0.142. The first-order valence-electron chi connectivity index (χ1n) is 13.5. The van der Waals surface area contributed by atoms with Crippen molar-refractivity contribution < 1.29 is 29.0 Å². The zero-order chi connectivity index (χ0) is 30.2. The van der Waals surface area contributed by atoms with E-state index in [0.717, 1.165) is 5.56 Å². The molecule has 0 heterocycles. The Labute approximate surface area is 241 Å². The average Bonchev–Trinajstić information content (AvgIpc) is 2.90. The number of nitrogens with zero attached hydrogens (tertiary/aromatic N) is 1. The fourth-order valence-corrected chi connectivity index (χ4v) is 4.38. The van der Waals surface area contributed by atoms with Gasteiger partial charge in [0.25, 0.3) is 5.91 Å². The molecule has 2 atom stereocenters. The maximum absolute atomic E-state index is 14.3. The topological polar surface area (TPSA) is 117 Å². The van der Waals surface area contributed by atoms with Gasteiger partial charge < -0.3 is 30.1 Å². The maximum atomic E-state index is 14.3. The number of amides is 3. The number of alkyl carbamates (subject to hydrolysis) is 1. The van der Waals surface area contributed by atoms with Crippen molar-refractivity contribution in [3.8, 4) is 11.5 Å². The Kier molecular flexibility index (Phi) is 10.4. The molecule has 3 aromatic carbocycles. The third-order valence-corrected chi connectivity index (χ3v) is 6.15. The number of hydrogen-bond donors (Lipinski definition) is 3. The molecule has 2 unspecified atom stereocenters. The second-order valence-corrected chi connectivity index (χ2v) is 10.9. The largest absolute Gasteiger partial charge is 0.508 e. The van der Waals surface area contributed by atoms with Crippen molar-refractivity contribution in [2.45, 2.75) is 64.8 Å². The summed E-state index contributed by atoms with van der Waals surface area (Å²) in [5.74, 6) is -0.386. The van der Waals surface area contributed by atoms with Gasteiger partial charge in [-0.05, 0) is 82.1 Å². The monoisotopic (exact) mass is 561 g/mol. The van der Waals surface area contributed by atoms with Crippen molar-refractivity contribution in [1.82, 2.24) is 10.2 Å². The van der Waals surface area contributed by atoms with E-state index in [1.165, 1.54) is 17.0 Å². The quantitative estimate of drug-likeness (QED) is 0.303. The lowest BCUT2D eigenvalue weighted by atomic mass is 9.98. The van der Waals surface area contributed by atoms with Crippen LogP contribution < -0.4 is 15.4 Å². The Morgan fingerprint density at radius 2 is 1.59 bits per heavy atom. The molecule has 0 fully saturated rings. The fraction of sp³-hybridized carbons (Fsp3) is 0.344. The van der Waals surface area contributed by atoms with Gasteiger partial charge in [0.15, 0.2) is 0 Å². The molecule has 3 amide bonds. The van der Waals surface area contributed by atoms with Crippen molar-refractivity contribution >= 4 is 23.6 Å². The molecule has 0 saturated carbocycles. The number of anilines is 1. The third kappa shape index (κ3) is 8.99. The van der Waals surface area contributed by atoms with Crippen LogP contribution in [0, 0.1) is 0 Å². The van der Waals surface area contributed by atoms with Gasteiger partial charge in [0.2, 0.25) is 5.91 Å². The van der Waals surface area contributed by atoms with E-state index in [9.17, 15) is 19.5 Å². The van der Waals surface area contributed by atoms with Crippen LogP contribution in [0.3, 0.4) is 0 Å². The second kappa shape index (κ2) is 13.7. The highest BCUT2D eigenvalue weighted by Crippen LogP contribution is 2.29. The number of rotatable bonds is 10. The molecule has 41 heavy (non-hydrogen) atoms. The van der Waals surface area contributed by atoms with E-state index in [-0.39, 0.29) is 12.2 Å². The molecule has 0 aliphatic rings. The van der Waals surface area contributed by atoms with E-state index >= 15 is 0 Å². The maximum Gasteiger partial charge on any atom is 0.408 e. The molecule has 0 aliphatic heterocycles. The predicted octanol–water partition coefficient (Wildman–Crippen LogP) is 5.45. The van der Waals surface area contributed by atoms with Gasteiger partial charge in [-0.3, -0.25) is 9.59 Å². The van der Waals surface area contributed by atoms with Gasteiger partial charge in [0.05, 0.1) is 7.11 Å². The lowest BCUT2D eigenvalue weighted by Gasteiger charge is -2.37. The van der Waals surface area contributed by atoms with Gasteiger partial charge >= 0.3 is 6.09 Å². The Bertz CT molecular complexity index is 1320. The number of methoxy groups -OCH3 is 1. The summed E-state index contributed by atoms with van der Waals surface area (Å²) in [5, 5.41) is 15.9. The minimum Gasteiger partial charge on any atom is -0.508 e. The minimum atomic E-state index is -1.13. The molecular formula is C32H39N3O6. The molecule has 218 valence electrons. The minimum absolute atomic E-state index is 0.0476. The molecule has 0 bridgehead atoms. The highest BCUT2D eigenvalue weighted by Gasteiger charge is 2.38. The molecule has 3 aromatic rings. The van der Waals surface area contributed by atoms with Gasteiger partial charge in [-0.15, -0.1) is 0 Å². The number of carbonyl (C=O) groups excluding carboxylic acids is 3. The Hall–Kier alpha value is -4.53. The van der Waals surface area contributed by atoms with Crippen molar-refractivity contribution in [3.05, 3.63) is 90.0 Å². The molecule has 0 spiro atoms. The smallest absolute Gasteiger partial charge is 0.408 e. The molecule has 9 nitrogen and oxygen atoms in total. The molecule has 0 radical (unpaired) electrons. The van der Waals surface area contributed by atoms with Crippen LogP contribution in [-0.2, 0) is 20.7 Å². The first-order valence-corrected chi connectivity index (χ1v) is 13.5. The van der Waals surface area contributed by atoms with E-state index in [4.69, 9.17) is 9.47 Å². The van der Waals surface area contributed by atoms with E-state index in [2.05, 4.69) is 10.6 Å². The number of carbonyl (C=O) groups is 3. The van der Waals surface area contributed by atoms with E-state index in [0.29, 0.717) is 17.0 Å². The summed E-state index contributed by atoms with van der Waals surface area (Å²) < 4.78 is 10.7. The van der Waals surface area contributed by atoms with Gasteiger partial charge in [-0.25, -0.2) is 4.79 Å². The first-order chi connectivity index (χ1) is 19.4. The number of aromatic hydroxyl groups is 1. The summed E-state index contributed by atoms with van der Waals surface area (Å²) in [6.45, 7) is 8.80.